The van der Waals surface area contributed by atoms with Crippen LogP contribution in [-0.4, -0.2) is 49.4 Å². The lowest BCUT2D eigenvalue weighted by Gasteiger charge is -2.51. The summed E-state index contributed by atoms with van der Waals surface area (Å²) in [5, 5.41) is 20.2. The van der Waals surface area contributed by atoms with E-state index < -0.39 is 33.0 Å². The lowest BCUT2D eigenvalue weighted by atomic mass is 9.66. The van der Waals surface area contributed by atoms with E-state index in [9.17, 15) is 23.1 Å². The van der Waals surface area contributed by atoms with E-state index in [1.807, 2.05) is 27.7 Å². The number of hydrogen-bond acceptors (Lipinski definition) is 5. The molecule has 3 atom stereocenters. The summed E-state index contributed by atoms with van der Waals surface area (Å²) in [4.78, 5) is 28.2. The van der Waals surface area contributed by atoms with Crippen molar-refractivity contribution in [3.63, 3.8) is 0 Å². The second kappa shape index (κ2) is 10.5. The Hall–Kier alpha value is -2.46. The van der Waals surface area contributed by atoms with Crippen molar-refractivity contribution >= 4 is 33.4 Å². The number of amides is 2. The molecule has 2 aromatic rings. The first-order chi connectivity index (χ1) is 16.7. The number of benzene rings is 2. The quantitative estimate of drug-likeness (QED) is 0.501. The monoisotopic (exact) mass is 535 g/mol. The topological polar surface area (TPSA) is 130 Å². The molecule has 8 nitrogen and oxygen atoms in total. The maximum Gasteiger partial charge on any atom is 0.251 e. The molecule has 1 fully saturated rings. The van der Waals surface area contributed by atoms with E-state index in [1.54, 1.807) is 29.2 Å². The third-order valence-electron chi connectivity index (χ3n) is 7.27. The lowest BCUT2D eigenvalue weighted by Crippen LogP contribution is -2.60. The number of carbonyl (C=O) groups excluding carboxylic acids is 2. The van der Waals surface area contributed by atoms with Crippen molar-refractivity contribution in [2.24, 2.45) is 16.5 Å². The summed E-state index contributed by atoms with van der Waals surface area (Å²) < 4.78 is 23.4. The molecule has 1 heterocycles. The number of halogens is 1. The van der Waals surface area contributed by atoms with Crippen LogP contribution in [0, 0.1) is 11.3 Å². The van der Waals surface area contributed by atoms with Crippen LogP contribution in [0.15, 0.2) is 53.4 Å². The van der Waals surface area contributed by atoms with Crippen LogP contribution in [0.5, 0.6) is 0 Å². The van der Waals surface area contributed by atoms with Crippen molar-refractivity contribution in [3.05, 3.63) is 64.7 Å². The molecule has 1 aliphatic rings. The van der Waals surface area contributed by atoms with Crippen molar-refractivity contribution in [3.8, 4) is 0 Å². The molecule has 0 spiro atoms. The van der Waals surface area contributed by atoms with Gasteiger partial charge in [-0.25, -0.2) is 13.6 Å². The normalized spacial score (nSPS) is 21.5. The summed E-state index contributed by atoms with van der Waals surface area (Å²) in [6.45, 7) is 8.23. The van der Waals surface area contributed by atoms with E-state index in [2.05, 4.69) is 5.32 Å². The number of sulfonamides is 1. The van der Waals surface area contributed by atoms with Gasteiger partial charge in [0.05, 0.1) is 10.5 Å². The van der Waals surface area contributed by atoms with Gasteiger partial charge in [-0.05, 0) is 48.2 Å². The number of hydrogen-bond donors (Lipinski definition) is 3. The van der Waals surface area contributed by atoms with Gasteiger partial charge in [0, 0.05) is 29.1 Å². The Balaban J connectivity index is 1.82. The zero-order valence-corrected chi connectivity index (χ0v) is 22.6. The van der Waals surface area contributed by atoms with E-state index in [4.69, 9.17) is 16.7 Å². The Morgan fingerprint density at radius 2 is 1.83 bits per heavy atom. The highest BCUT2D eigenvalue weighted by Gasteiger charge is 2.50. The Bertz CT molecular complexity index is 1230. The summed E-state index contributed by atoms with van der Waals surface area (Å²) in [5.41, 5.74) is -0.996. The van der Waals surface area contributed by atoms with E-state index in [0.29, 0.717) is 24.4 Å². The smallest absolute Gasteiger partial charge is 0.251 e. The molecule has 0 bridgehead atoms. The van der Waals surface area contributed by atoms with Gasteiger partial charge in [0.15, 0.2) is 0 Å². The van der Waals surface area contributed by atoms with E-state index >= 15 is 0 Å². The third-order valence-corrected chi connectivity index (χ3v) is 8.44. The fourth-order valence-corrected chi connectivity index (χ4v) is 5.38. The van der Waals surface area contributed by atoms with Crippen molar-refractivity contribution in [2.45, 2.75) is 57.1 Å². The fraction of sp³-hybridized carbons (Fsp3) is 0.462. The Kier molecular flexibility index (Phi) is 8.20. The number of nitrogens with zero attached hydrogens (tertiary/aromatic N) is 1. The van der Waals surface area contributed by atoms with Crippen LogP contribution in [0.4, 0.5) is 0 Å². The van der Waals surface area contributed by atoms with Crippen molar-refractivity contribution in [1.82, 2.24) is 10.2 Å². The molecule has 0 radical (unpaired) electrons. The third kappa shape index (κ3) is 5.75. The average Bonchev–Trinajstić information content (AvgIpc) is 2.83. The molecule has 4 N–H and O–H groups in total. The molecule has 0 saturated carbocycles. The number of primary sulfonamides is 1. The molecule has 36 heavy (non-hydrogen) atoms. The first-order valence-electron chi connectivity index (χ1n) is 11.9. The minimum atomic E-state index is -3.98. The summed E-state index contributed by atoms with van der Waals surface area (Å²) in [7, 11) is -3.98. The summed E-state index contributed by atoms with van der Waals surface area (Å²) >= 11 is 6.02. The molecule has 1 aliphatic heterocycles. The first kappa shape index (κ1) is 28.1. The molecule has 196 valence electrons. The zero-order chi connectivity index (χ0) is 26.9. The Labute approximate surface area is 217 Å². The molecule has 0 aromatic heterocycles. The van der Waals surface area contributed by atoms with Crippen LogP contribution in [0.3, 0.4) is 0 Å². The standard InChI is InChI=1S/C26H34ClN3O5S/c1-5-17(2)22(29-23(31)18-7-6-8-21(15-18)36(28,34)35)24(32)30-14-13-26(33,25(3,4)16-30)19-9-11-20(27)12-10-19/h6-12,15,17,22,33H,5,13-14,16H2,1-4H3,(H,29,31)(H2,28,34,35)/t17-,22+,26-/m0/s1. The number of piperidine rings is 1. The van der Waals surface area contributed by atoms with Gasteiger partial charge in [0.2, 0.25) is 15.9 Å². The molecular formula is C26H34ClN3O5S. The van der Waals surface area contributed by atoms with Gasteiger partial charge in [-0.15, -0.1) is 0 Å². The predicted octanol–water partition coefficient (Wildman–Crippen LogP) is 3.28. The number of carbonyl (C=O) groups is 2. The SMILES string of the molecule is CC[C@H](C)[C@@H](NC(=O)c1cccc(S(N)(=O)=O)c1)C(=O)N1CC[C@](O)(c2ccc(Cl)cc2)C(C)(C)C1. The van der Waals surface area contributed by atoms with Crippen molar-refractivity contribution in [1.29, 1.82) is 0 Å². The molecule has 0 unspecified atom stereocenters. The Morgan fingerprint density at radius 3 is 2.39 bits per heavy atom. The van der Waals surface area contributed by atoms with Crippen LogP contribution in [0.1, 0.15) is 56.5 Å². The molecule has 2 aromatic carbocycles. The number of nitrogens with two attached hydrogens (primary N) is 1. The second-order valence-corrected chi connectivity index (χ2v) is 12.2. The highest BCUT2D eigenvalue weighted by molar-refractivity contribution is 7.89. The van der Waals surface area contributed by atoms with Gasteiger partial charge in [-0.3, -0.25) is 9.59 Å². The van der Waals surface area contributed by atoms with Crippen LogP contribution >= 0.6 is 11.6 Å². The van der Waals surface area contributed by atoms with Gasteiger partial charge >= 0.3 is 0 Å². The minimum absolute atomic E-state index is 0.0960. The lowest BCUT2D eigenvalue weighted by molar-refractivity contribution is -0.155. The first-order valence-corrected chi connectivity index (χ1v) is 13.8. The second-order valence-electron chi connectivity index (χ2n) is 10.2. The zero-order valence-electron chi connectivity index (χ0n) is 21.0. The van der Waals surface area contributed by atoms with Gasteiger partial charge in [0.1, 0.15) is 6.04 Å². The maximum atomic E-state index is 13.7. The highest BCUT2D eigenvalue weighted by atomic mass is 35.5. The molecule has 1 saturated heterocycles. The number of rotatable bonds is 7. The van der Waals surface area contributed by atoms with Crippen LogP contribution in [0.25, 0.3) is 0 Å². The van der Waals surface area contributed by atoms with Gasteiger partial charge in [-0.2, -0.15) is 0 Å². The van der Waals surface area contributed by atoms with E-state index in [1.165, 1.54) is 24.3 Å². The number of likely N-dealkylation sites (tertiary alicyclic amines) is 1. The summed E-state index contributed by atoms with van der Waals surface area (Å²) in [5.74, 6) is -0.984. The highest BCUT2D eigenvalue weighted by Crippen LogP contribution is 2.46. The summed E-state index contributed by atoms with van der Waals surface area (Å²) in [6, 6.07) is 11.7. The van der Waals surface area contributed by atoms with Crippen molar-refractivity contribution < 1.29 is 23.1 Å². The van der Waals surface area contributed by atoms with Gasteiger partial charge in [0.25, 0.3) is 5.91 Å². The number of nitrogens with one attached hydrogen (secondary N) is 1. The average molecular weight is 536 g/mol. The molecule has 2 amide bonds. The molecule has 0 aliphatic carbocycles. The van der Waals surface area contributed by atoms with Crippen LogP contribution < -0.4 is 10.5 Å². The number of aliphatic hydroxyl groups is 1. The largest absolute Gasteiger partial charge is 0.384 e. The molecule has 10 heteroatoms. The maximum absolute atomic E-state index is 13.7. The van der Waals surface area contributed by atoms with Gasteiger partial charge in [-0.1, -0.05) is 63.9 Å². The van der Waals surface area contributed by atoms with Gasteiger partial charge < -0.3 is 15.3 Å². The van der Waals surface area contributed by atoms with Crippen LogP contribution in [0.2, 0.25) is 5.02 Å². The minimum Gasteiger partial charge on any atom is -0.384 e. The fourth-order valence-electron chi connectivity index (χ4n) is 4.69. The van der Waals surface area contributed by atoms with E-state index in [0.717, 1.165) is 5.56 Å². The molecular weight excluding hydrogens is 502 g/mol. The molecule has 3 rings (SSSR count). The van der Waals surface area contributed by atoms with Crippen molar-refractivity contribution in [2.75, 3.05) is 13.1 Å². The van der Waals surface area contributed by atoms with Crippen LogP contribution in [-0.2, 0) is 20.4 Å². The Morgan fingerprint density at radius 1 is 1.19 bits per heavy atom. The predicted molar refractivity (Wildman–Crippen MR) is 139 cm³/mol. The summed E-state index contributed by atoms with van der Waals surface area (Å²) in [6.07, 6.45) is 0.963. The van der Waals surface area contributed by atoms with E-state index in [-0.39, 0.29) is 28.8 Å².